The van der Waals surface area contributed by atoms with Crippen LogP contribution in [0.5, 0.6) is 0 Å². The smallest absolute Gasteiger partial charge is 0.0618 e. The number of para-hydroxylation sites is 1. The number of benzene rings is 5. The van der Waals surface area contributed by atoms with Crippen molar-refractivity contribution in [1.82, 2.24) is 0 Å². The summed E-state index contributed by atoms with van der Waals surface area (Å²) in [6, 6.07) is 40.9. The molecule has 0 aromatic heterocycles. The molecule has 5 aromatic carbocycles. The van der Waals surface area contributed by atoms with Crippen molar-refractivity contribution in [2.75, 3.05) is 4.90 Å². The summed E-state index contributed by atoms with van der Waals surface area (Å²) in [4.78, 5) is 3.00. The van der Waals surface area contributed by atoms with Crippen molar-refractivity contribution in [3.8, 4) is 22.3 Å². The van der Waals surface area contributed by atoms with Crippen molar-refractivity contribution < 1.29 is 0 Å². The Morgan fingerprint density at radius 3 is 1.62 bits per heavy atom. The van der Waals surface area contributed by atoms with Gasteiger partial charge in [0.1, 0.15) is 0 Å². The van der Waals surface area contributed by atoms with Gasteiger partial charge < -0.3 is 4.90 Å². The fraction of sp³-hybridized carbons (Fsp3) is 0. The highest BCUT2D eigenvalue weighted by Gasteiger charge is 2.22. The van der Waals surface area contributed by atoms with Crippen LogP contribution in [-0.2, 0) is 0 Å². The Kier molecular flexibility index (Phi) is 6.64. The Morgan fingerprint density at radius 1 is 0.500 bits per heavy atom. The van der Waals surface area contributed by atoms with E-state index in [0.717, 1.165) is 44.2 Å². The molecule has 0 aliphatic heterocycles. The molecular weight excluding hydrogens is 477 g/mol. The Labute approximate surface area is 215 Å². The largest absolute Gasteiger partial charge is 0.309 e. The number of halogens is 2. The third-order valence-corrected chi connectivity index (χ3v) is 6.33. The Balaban J connectivity index is 1.88. The molecule has 0 aliphatic rings. The van der Waals surface area contributed by atoms with E-state index in [9.17, 15) is 0 Å². The molecule has 0 aliphatic carbocycles. The molecule has 4 heteroatoms. The highest BCUT2D eigenvalue weighted by Crippen LogP contribution is 2.47. The van der Waals surface area contributed by atoms with E-state index in [0.29, 0.717) is 10.0 Å². The normalized spacial score (nSPS) is 10.8. The first-order valence-corrected chi connectivity index (χ1v) is 12.1. The second-order valence-electron chi connectivity index (χ2n) is 7.92. The van der Waals surface area contributed by atoms with E-state index >= 15 is 0 Å². The Morgan fingerprint density at radius 2 is 1.06 bits per heavy atom. The summed E-state index contributed by atoms with van der Waals surface area (Å²) in [5, 5.41) is 1.28. The maximum Gasteiger partial charge on any atom is 0.0618 e. The fourth-order valence-electron chi connectivity index (χ4n) is 4.20. The molecule has 5 aromatic rings. The van der Waals surface area contributed by atoms with Crippen molar-refractivity contribution in [1.29, 1.82) is 0 Å². The average molecular weight is 498 g/mol. The van der Waals surface area contributed by atoms with Gasteiger partial charge in [-0.1, -0.05) is 108 Å². The molecule has 5 rings (SSSR count). The number of nitrogens with zero attached hydrogens (tertiary/aromatic N) is 1. The first-order chi connectivity index (χ1) is 16.6. The second-order valence-corrected chi connectivity index (χ2v) is 9.31. The summed E-state index contributed by atoms with van der Waals surface area (Å²) in [6.07, 6.45) is 0. The molecule has 1 nitrogen and oxygen atoms in total. The van der Waals surface area contributed by atoms with E-state index in [1.165, 1.54) is 0 Å². The lowest BCUT2D eigenvalue weighted by atomic mass is 9.94. The first-order valence-electron chi connectivity index (χ1n) is 10.9. The third-order valence-electron chi connectivity index (χ3n) is 5.62. The van der Waals surface area contributed by atoms with Crippen LogP contribution in [0.1, 0.15) is 0 Å². The van der Waals surface area contributed by atoms with E-state index in [-0.39, 0.29) is 0 Å². The number of anilines is 3. The van der Waals surface area contributed by atoms with Crippen LogP contribution in [-0.4, -0.2) is 0 Å². The molecule has 0 amide bonds. The molecule has 0 fully saturated rings. The van der Waals surface area contributed by atoms with E-state index in [1.54, 1.807) is 0 Å². The predicted octanol–water partition coefficient (Wildman–Crippen LogP) is 10.1. The van der Waals surface area contributed by atoms with Crippen molar-refractivity contribution >= 4 is 52.9 Å². The lowest BCUT2D eigenvalue weighted by Crippen LogP contribution is -2.13. The predicted molar refractivity (Wildman–Crippen MR) is 149 cm³/mol. The quantitative estimate of drug-likeness (QED) is 0.236. The van der Waals surface area contributed by atoms with Crippen LogP contribution >= 0.6 is 35.8 Å². The Bertz CT molecular complexity index is 1360. The Hall–Kier alpha value is -3.17. The monoisotopic (exact) mass is 497 g/mol. The zero-order chi connectivity index (χ0) is 23.5. The van der Waals surface area contributed by atoms with Gasteiger partial charge in [-0.3, -0.25) is 0 Å². The van der Waals surface area contributed by atoms with Gasteiger partial charge in [0.2, 0.25) is 0 Å². The average Bonchev–Trinajstić information content (AvgIpc) is 2.85. The molecule has 0 N–H and O–H groups in total. The van der Waals surface area contributed by atoms with Crippen LogP contribution in [0.3, 0.4) is 0 Å². The summed E-state index contributed by atoms with van der Waals surface area (Å²) >= 11 is 17.6. The number of hydrogen-bond acceptors (Lipinski definition) is 2. The summed E-state index contributed by atoms with van der Waals surface area (Å²) < 4.78 is 0. The second kappa shape index (κ2) is 9.99. The summed E-state index contributed by atoms with van der Waals surface area (Å²) in [5.41, 5.74) is 7.32. The lowest BCUT2D eigenvalue weighted by molar-refractivity contribution is 1.26. The van der Waals surface area contributed by atoms with E-state index in [2.05, 4.69) is 90.3 Å². The highest BCUT2D eigenvalue weighted by atomic mass is 35.5. The molecule has 0 saturated heterocycles. The summed E-state index contributed by atoms with van der Waals surface area (Å²) in [7, 11) is 0. The molecule has 34 heavy (non-hydrogen) atoms. The molecule has 0 spiro atoms. The van der Waals surface area contributed by atoms with Crippen LogP contribution in [0.25, 0.3) is 22.3 Å². The third kappa shape index (κ3) is 4.71. The standard InChI is InChI=1S/C30H21Cl2NS/c31-23-13-7-14-25(17-23)33(26-18-24(32)19-27(34)20-26)30-28(21-9-3-1-4-10-21)15-8-16-29(30)22-11-5-2-6-12-22/h1-20,34H. The molecule has 0 saturated carbocycles. The van der Waals surface area contributed by atoms with Crippen LogP contribution in [0.4, 0.5) is 17.1 Å². The van der Waals surface area contributed by atoms with Gasteiger partial charge in [0.05, 0.1) is 5.69 Å². The number of hydrogen-bond donors (Lipinski definition) is 1. The minimum absolute atomic E-state index is 0.619. The molecule has 0 unspecified atom stereocenters. The molecule has 0 radical (unpaired) electrons. The van der Waals surface area contributed by atoms with Gasteiger partial charge in [-0.2, -0.15) is 0 Å². The maximum absolute atomic E-state index is 6.51. The number of thiol groups is 1. The van der Waals surface area contributed by atoms with E-state index in [1.807, 2.05) is 48.5 Å². The fourth-order valence-corrected chi connectivity index (χ4v) is 4.96. The van der Waals surface area contributed by atoms with Gasteiger partial charge in [-0.05, 0) is 47.5 Å². The minimum Gasteiger partial charge on any atom is -0.309 e. The van der Waals surface area contributed by atoms with Gasteiger partial charge in [0.15, 0.2) is 0 Å². The van der Waals surface area contributed by atoms with Crippen LogP contribution in [0.15, 0.2) is 126 Å². The minimum atomic E-state index is 0.619. The van der Waals surface area contributed by atoms with Gasteiger partial charge in [0.25, 0.3) is 0 Å². The lowest BCUT2D eigenvalue weighted by Gasteiger charge is -2.30. The van der Waals surface area contributed by atoms with E-state index < -0.39 is 0 Å². The zero-order valence-corrected chi connectivity index (χ0v) is 20.6. The van der Waals surface area contributed by atoms with Gasteiger partial charge in [-0.25, -0.2) is 0 Å². The van der Waals surface area contributed by atoms with Crippen LogP contribution in [0.2, 0.25) is 10.0 Å². The van der Waals surface area contributed by atoms with Crippen molar-refractivity contribution in [3.05, 3.63) is 131 Å². The number of rotatable bonds is 5. The van der Waals surface area contributed by atoms with Crippen LogP contribution < -0.4 is 4.90 Å². The van der Waals surface area contributed by atoms with Gasteiger partial charge in [0, 0.05) is 37.4 Å². The molecular formula is C30H21Cl2NS. The first kappa shape index (κ1) is 22.6. The van der Waals surface area contributed by atoms with Gasteiger partial charge in [-0.15, -0.1) is 12.6 Å². The molecule has 0 heterocycles. The van der Waals surface area contributed by atoms with Crippen molar-refractivity contribution in [3.63, 3.8) is 0 Å². The highest BCUT2D eigenvalue weighted by molar-refractivity contribution is 7.80. The summed E-state index contributed by atoms with van der Waals surface area (Å²) in [5.74, 6) is 0. The van der Waals surface area contributed by atoms with Crippen molar-refractivity contribution in [2.24, 2.45) is 0 Å². The topological polar surface area (TPSA) is 3.24 Å². The zero-order valence-electron chi connectivity index (χ0n) is 18.2. The summed E-state index contributed by atoms with van der Waals surface area (Å²) in [6.45, 7) is 0. The molecule has 166 valence electrons. The molecule has 0 atom stereocenters. The van der Waals surface area contributed by atoms with E-state index in [4.69, 9.17) is 23.2 Å². The van der Waals surface area contributed by atoms with Gasteiger partial charge >= 0.3 is 0 Å². The maximum atomic E-state index is 6.51. The van der Waals surface area contributed by atoms with Crippen molar-refractivity contribution in [2.45, 2.75) is 4.90 Å². The SMILES string of the molecule is Sc1cc(Cl)cc(N(c2cccc(Cl)c2)c2c(-c3ccccc3)cccc2-c2ccccc2)c1. The van der Waals surface area contributed by atoms with Crippen LogP contribution in [0, 0.1) is 0 Å². The molecule has 0 bridgehead atoms.